The lowest BCUT2D eigenvalue weighted by Gasteiger charge is -2.28. The molecule has 1 saturated heterocycles. The van der Waals surface area contributed by atoms with Crippen LogP contribution in [-0.2, 0) is 32.0 Å². The molecule has 0 bridgehead atoms. The van der Waals surface area contributed by atoms with Crippen molar-refractivity contribution in [1.29, 1.82) is 0 Å². The molecular weight excluding hydrogens is 454 g/mol. The SMILES string of the molecule is CC(C)c1ccc(N2C(=O)CC(N(NC(=O)Cc3ccccc3)C(=O)Cc3ccccc3)C2=O)cc1. The van der Waals surface area contributed by atoms with Gasteiger partial charge in [-0.25, -0.2) is 9.91 Å². The van der Waals surface area contributed by atoms with Gasteiger partial charge in [0.25, 0.3) is 5.91 Å². The number of nitrogens with one attached hydrogen (secondary N) is 1. The maximum Gasteiger partial charge on any atom is 0.259 e. The number of nitrogens with zero attached hydrogens (tertiary/aromatic N) is 2. The third-order valence-electron chi connectivity index (χ3n) is 6.17. The molecule has 3 aromatic carbocycles. The Balaban J connectivity index is 1.57. The second kappa shape index (κ2) is 11.0. The van der Waals surface area contributed by atoms with Crippen molar-refractivity contribution >= 4 is 29.3 Å². The molecule has 1 N–H and O–H groups in total. The Bertz CT molecular complexity index is 1240. The molecule has 0 aromatic heterocycles. The highest BCUT2D eigenvalue weighted by atomic mass is 16.2. The van der Waals surface area contributed by atoms with Crippen LogP contribution in [0.5, 0.6) is 0 Å². The fourth-order valence-electron chi connectivity index (χ4n) is 4.22. The van der Waals surface area contributed by atoms with E-state index < -0.39 is 29.7 Å². The summed E-state index contributed by atoms with van der Waals surface area (Å²) in [5, 5.41) is 1.04. The molecule has 1 heterocycles. The molecule has 1 aliphatic rings. The van der Waals surface area contributed by atoms with E-state index in [4.69, 9.17) is 0 Å². The van der Waals surface area contributed by atoms with Gasteiger partial charge in [-0.05, 0) is 34.7 Å². The van der Waals surface area contributed by atoms with Gasteiger partial charge in [0.15, 0.2) is 0 Å². The minimum absolute atomic E-state index is 0.0203. The van der Waals surface area contributed by atoms with Crippen molar-refractivity contribution in [1.82, 2.24) is 10.4 Å². The van der Waals surface area contributed by atoms with Gasteiger partial charge < -0.3 is 0 Å². The zero-order valence-corrected chi connectivity index (χ0v) is 20.4. The molecule has 1 aliphatic heterocycles. The van der Waals surface area contributed by atoms with Crippen molar-refractivity contribution in [3.05, 3.63) is 102 Å². The van der Waals surface area contributed by atoms with Gasteiger partial charge >= 0.3 is 0 Å². The third-order valence-corrected chi connectivity index (χ3v) is 6.17. The van der Waals surface area contributed by atoms with Crippen molar-refractivity contribution in [2.24, 2.45) is 0 Å². The minimum atomic E-state index is -1.13. The molecule has 36 heavy (non-hydrogen) atoms. The normalized spacial score (nSPS) is 15.3. The summed E-state index contributed by atoms with van der Waals surface area (Å²) in [6.07, 6.45) is -0.199. The molecule has 3 aromatic rings. The van der Waals surface area contributed by atoms with E-state index in [0.29, 0.717) is 11.6 Å². The lowest BCUT2D eigenvalue weighted by Crippen LogP contribution is -2.55. The molecule has 0 aliphatic carbocycles. The molecule has 1 fully saturated rings. The van der Waals surface area contributed by atoms with E-state index in [1.165, 1.54) is 0 Å². The quantitative estimate of drug-likeness (QED) is 0.409. The second-order valence-electron chi connectivity index (χ2n) is 9.16. The first-order valence-corrected chi connectivity index (χ1v) is 12.0. The number of hydrogen-bond donors (Lipinski definition) is 1. The van der Waals surface area contributed by atoms with Gasteiger partial charge in [-0.15, -0.1) is 0 Å². The number of carbonyl (C=O) groups excluding carboxylic acids is 4. The summed E-state index contributed by atoms with van der Waals surface area (Å²) in [5.74, 6) is -1.56. The van der Waals surface area contributed by atoms with Crippen molar-refractivity contribution in [2.75, 3.05) is 4.90 Å². The topological polar surface area (TPSA) is 86.8 Å². The smallest absolute Gasteiger partial charge is 0.259 e. The number of anilines is 1. The average molecular weight is 484 g/mol. The predicted octanol–water partition coefficient (Wildman–Crippen LogP) is 3.79. The van der Waals surface area contributed by atoms with Gasteiger partial charge in [0.2, 0.25) is 17.7 Å². The first-order chi connectivity index (χ1) is 17.3. The van der Waals surface area contributed by atoms with Crippen LogP contribution in [0.1, 0.15) is 42.9 Å². The number of amides is 4. The fraction of sp³-hybridized carbons (Fsp3) is 0.241. The lowest BCUT2D eigenvalue weighted by atomic mass is 10.0. The van der Waals surface area contributed by atoms with Gasteiger partial charge in [0, 0.05) is 0 Å². The Hall–Kier alpha value is -4.26. The van der Waals surface area contributed by atoms with E-state index in [2.05, 4.69) is 19.3 Å². The monoisotopic (exact) mass is 483 g/mol. The van der Waals surface area contributed by atoms with Crippen LogP contribution in [0.15, 0.2) is 84.9 Å². The zero-order valence-electron chi connectivity index (χ0n) is 20.4. The number of imide groups is 1. The van der Waals surface area contributed by atoms with Gasteiger partial charge in [-0.2, -0.15) is 0 Å². The van der Waals surface area contributed by atoms with Crippen LogP contribution in [0.4, 0.5) is 5.69 Å². The van der Waals surface area contributed by atoms with Crippen LogP contribution in [0.3, 0.4) is 0 Å². The Labute approximate surface area is 210 Å². The summed E-state index contributed by atoms with van der Waals surface area (Å²) in [4.78, 5) is 53.7. The first-order valence-electron chi connectivity index (χ1n) is 12.0. The average Bonchev–Trinajstić information content (AvgIpc) is 3.17. The molecular formula is C29H29N3O4. The number of carbonyl (C=O) groups is 4. The zero-order chi connectivity index (χ0) is 25.7. The number of benzene rings is 3. The molecule has 1 unspecified atom stereocenters. The van der Waals surface area contributed by atoms with Crippen LogP contribution >= 0.6 is 0 Å². The summed E-state index contributed by atoms with van der Waals surface area (Å²) >= 11 is 0. The summed E-state index contributed by atoms with van der Waals surface area (Å²) in [6.45, 7) is 4.12. The molecule has 7 heteroatoms. The molecule has 4 rings (SSSR count). The van der Waals surface area contributed by atoms with Crippen molar-refractivity contribution < 1.29 is 19.2 Å². The maximum atomic E-state index is 13.4. The molecule has 0 spiro atoms. The first kappa shape index (κ1) is 24.9. The van der Waals surface area contributed by atoms with Crippen molar-refractivity contribution in [3.8, 4) is 0 Å². The fourth-order valence-corrected chi connectivity index (χ4v) is 4.22. The Morgan fingerprint density at radius 3 is 1.97 bits per heavy atom. The van der Waals surface area contributed by atoms with Crippen LogP contribution in [0, 0.1) is 0 Å². The molecule has 0 saturated carbocycles. The van der Waals surface area contributed by atoms with Crippen LogP contribution < -0.4 is 10.3 Å². The van der Waals surface area contributed by atoms with E-state index >= 15 is 0 Å². The Morgan fingerprint density at radius 1 is 0.861 bits per heavy atom. The highest BCUT2D eigenvalue weighted by Crippen LogP contribution is 2.27. The molecule has 0 radical (unpaired) electrons. The van der Waals surface area contributed by atoms with Gasteiger partial charge in [0.05, 0.1) is 24.9 Å². The standard InChI is InChI=1S/C29H29N3O4/c1-20(2)23-13-15-24(16-14-23)31-27(34)19-25(29(31)36)32(28(35)18-22-11-7-4-8-12-22)30-26(33)17-21-9-5-3-6-10-21/h3-16,20,25H,17-19H2,1-2H3,(H,30,33). The van der Waals surface area contributed by atoms with Gasteiger partial charge in [0.1, 0.15) is 6.04 Å². The largest absolute Gasteiger partial charge is 0.274 e. The predicted molar refractivity (Wildman–Crippen MR) is 137 cm³/mol. The minimum Gasteiger partial charge on any atom is -0.274 e. The van der Waals surface area contributed by atoms with Crippen molar-refractivity contribution in [3.63, 3.8) is 0 Å². The number of hydrazine groups is 1. The highest BCUT2D eigenvalue weighted by molar-refractivity contribution is 6.23. The summed E-state index contributed by atoms with van der Waals surface area (Å²) in [7, 11) is 0. The van der Waals surface area contributed by atoms with Crippen molar-refractivity contribution in [2.45, 2.75) is 45.1 Å². The molecule has 184 valence electrons. The Kier molecular flexibility index (Phi) is 7.59. The molecule has 4 amide bonds. The van der Waals surface area contributed by atoms with E-state index in [1.807, 2.05) is 60.7 Å². The molecule has 1 atom stereocenters. The van der Waals surface area contributed by atoms with E-state index in [9.17, 15) is 19.2 Å². The summed E-state index contributed by atoms with van der Waals surface area (Å²) in [5.41, 5.74) is 5.66. The number of rotatable bonds is 7. The van der Waals surface area contributed by atoms with Gasteiger partial charge in [-0.1, -0.05) is 86.6 Å². The van der Waals surface area contributed by atoms with E-state index in [1.54, 1.807) is 24.3 Å². The lowest BCUT2D eigenvalue weighted by molar-refractivity contribution is -0.146. The summed E-state index contributed by atoms with van der Waals surface area (Å²) < 4.78 is 0. The maximum absolute atomic E-state index is 13.4. The van der Waals surface area contributed by atoms with Gasteiger partial charge in [-0.3, -0.25) is 24.6 Å². The summed E-state index contributed by atoms with van der Waals surface area (Å²) in [6, 6.07) is 24.3. The molecule has 7 nitrogen and oxygen atoms in total. The van der Waals surface area contributed by atoms with E-state index in [-0.39, 0.29) is 19.3 Å². The number of hydrogen-bond acceptors (Lipinski definition) is 4. The van der Waals surface area contributed by atoms with E-state index in [0.717, 1.165) is 26.6 Å². The second-order valence-corrected chi connectivity index (χ2v) is 9.16. The van der Waals surface area contributed by atoms with Crippen LogP contribution in [0.25, 0.3) is 0 Å². The Morgan fingerprint density at radius 2 is 1.42 bits per heavy atom. The highest BCUT2D eigenvalue weighted by Gasteiger charge is 2.45. The van der Waals surface area contributed by atoms with Crippen LogP contribution in [0.2, 0.25) is 0 Å². The third kappa shape index (κ3) is 5.68. The van der Waals surface area contributed by atoms with Crippen LogP contribution in [-0.4, -0.2) is 34.7 Å².